The van der Waals surface area contributed by atoms with Gasteiger partial charge in [-0.2, -0.15) is 0 Å². The first-order valence-corrected chi connectivity index (χ1v) is 7.14. The van der Waals surface area contributed by atoms with Gasteiger partial charge in [-0.05, 0) is 23.6 Å². The Morgan fingerprint density at radius 2 is 2.14 bits per heavy atom. The third-order valence-corrected chi connectivity index (χ3v) is 5.20. The van der Waals surface area contributed by atoms with Crippen LogP contribution in [-0.4, -0.2) is 12.3 Å². The molecular formula is C10H12NS3+. The SMILES string of the molecule is [NH3+]CCSc1ccc(-c2cccs2)s1. The normalized spacial score (nSPS) is 10.6. The van der Waals surface area contributed by atoms with Crippen molar-refractivity contribution in [1.29, 1.82) is 0 Å². The predicted molar refractivity (Wildman–Crippen MR) is 66.1 cm³/mol. The number of thiophene rings is 2. The number of rotatable bonds is 4. The van der Waals surface area contributed by atoms with Gasteiger partial charge in [-0.1, -0.05) is 6.07 Å². The topological polar surface area (TPSA) is 27.6 Å². The molecule has 1 nitrogen and oxygen atoms in total. The molecule has 0 amide bonds. The van der Waals surface area contributed by atoms with Gasteiger partial charge in [0.15, 0.2) is 0 Å². The molecule has 2 aromatic heterocycles. The lowest BCUT2D eigenvalue weighted by Gasteiger charge is -1.91. The maximum atomic E-state index is 3.84. The van der Waals surface area contributed by atoms with Crippen LogP contribution < -0.4 is 5.73 Å². The Morgan fingerprint density at radius 3 is 2.86 bits per heavy atom. The van der Waals surface area contributed by atoms with E-state index in [0.29, 0.717) is 0 Å². The van der Waals surface area contributed by atoms with Crippen LogP contribution in [0.15, 0.2) is 33.9 Å². The molecule has 2 aromatic rings. The molecule has 0 fully saturated rings. The molecule has 0 saturated heterocycles. The van der Waals surface area contributed by atoms with Crippen LogP contribution in [0.3, 0.4) is 0 Å². The first-order chi connectivity index (χ1) is 6.90. The fourth-order valence-corrected chi connectivity index (χ4v) is 3.96. The molecule has 74 valence electrons. The van der Waals surface area contributed by atoms with Crippen molar-refractivity contribution >= 4 is 34.4 Å². The van der Waals surface area contributed by atoms with Crippen LogP contribution in [0.4, 0.5) is 0 Å². The summed E-state index contributed by atoms with van der Waals surface area (Å²) < 4.78 is 1.40. The van der Waals surface area contributed by atoms with Crippen LogP contribution >= 0.6 is 34.4 Å². The van der Waals surface area contributed by atoms with Crippen LogP contribution in [0.5, 0.6) is 0 Å². The molecule has 2 heterocycles. The van der Waals surface area contributed by atoms with E-state index in [1.54, 1.807) is 11.3 Å². The smallest absolute Gasteiger partial charge is 0.0835 e. The summed E-state index contributed by atoms with van der Waals surface area (Å²) in [6.45, 7) is 0.997. The maximum absolute atomic E-state index is 3.84. The quantitative estimate of drug-likeness (QED) is 0.820. The highest BCUT2D eigenvalue weighted by Crippen LogP contribution is 2.35. The van der Waals surface area contributed by atoms with E-state index in [2.05, 4.69) is 35.4 Å². The van der Waals surface area contributed by atoms with E-state index in [9.17, 15) is 0 Å². The lowest BCUT2D eigenvalue weighted by Crippen LogP contribution is -2.51. The van der Waals surface area contributed by atoms with Gasteiger partial charge in [-0.15, -0.1) is 34.4 Å². The summed E-state index contributed by atoms with van der Waals surface area (Å²) >= 11 is 5.58. The molecule has 0 aliphatic rings. The van der Waals surface area contributed by atoms with Crippen LogP contribution in [0.2, 0.25) is 0 Å². The monoisotopic (exact) mass is 242 g/mol. The lowest BCUT2D eigenvalue weighted by atomic mass is 10.4. The van der Waals surface area contributed by atoms with E-state index in [-0.39, 0.29) is 0 Å². The number of hydrogen-bond donors (Lipinski definition) is 1. The first-order valence-electron chi connectivity index (χ1n) is 4.46. The van der Waals surface area contributed by atoms with E-state index in [1.807, 2.05) is 23.1 Å². The zero-order chi connectivity index (χ0) is 9.80. The van der Waals surface area contributed by atoms with Crippen molar-refractivity contribution < 1.29 is 5.73 Å². The predicted octanol–water partition coefficient (Wildman–Crippen LogP) is 2.81. The van der Waals surface area contributed by atoms with Gasteiger partial charge < -0.3 is 5.73 Å². The summed E-state index contributed by atoms with van der Waals surface area (Å²) in [5.41, 5.74) is 3.84. The van der Waals surface area contributed by atoms with Gasteiger partial charge in [-0.25, -0.2) is 0 Å². The van der Waals surface area contributed by atoms with Crippen LogP contribution in [0.25, 0.3) is 9.75 Å². The molecule has 0 atom stereocenters. The molecule has 0 aliphatic carbocycles. The Labute approximate surface area is 96.0 Å². The Balaban J connectivity index is 2.10. The minimum absolute atomic E-state index is 0.997. The largest absolute Gasteiger partial charge is 0.357 e. The summed E-state index contributed by atoms with van der Waals surface area (Å²) in [5.74, 6) is 1.12. The molecule has 0 radical (unpaired) electrons. The summed E-state index contributed by atoms with van der Waals surface area (Å²) in [7, 11) is 0. The van der Waals surface area contributed by atoms with Gasteiger partial charge in [0.05, 0.1) is 10.8 Å². The summed E-state index contributed by atoms with van der Waals surface area (Å²) in [6, 6.07) is 8.69. The second-order valence-electron chi connectivity index (χ2n) is 2.80. The minimum Gasteiger partial charge on any atom is -0.357 e. The van der Waals surface area contributed by atoms with Crippen molar-refractivity contribution in [2.75, 3.05) is 12.3 Å². The third-order valence-electron chi connectivity index (χ3n) is 1.73. The highest BCUT2D eigenvalue weighted by Gasteiger charge is 2.03. The summed E-state index contributed by atoms with van der Waals surface area (Å²) in [4.78, 5) is 2.75. The number of hydrogen-bond acceptors (Lipinski definition) is 3. The minimum atomic E-state index is 0.997. The van der Waals surface area contributed by atoms with Gasteiger partial charge in [0, 0.05) is 15.5 Å². The van der Waals surface area contributed by atoms with Crippen molar-refractivity contribution in [3.8, 4) is 9.75 Å². The van der Waals surface area contributed by atoms with Crippen molar-refractivity contribution in [1.82, 2.24) is 0 Å². The highest BCUT2D eigenvalue weighted by atomic mass is 32.2. The second-order valence-corrected chi connectivity index (χ2v) is 6.22. The van der Waals surface area contributed by atoms with Crippen LogP contribution in [-0.2, 0) is 0 Å². The van der Waals surface area contributed by atoms with E-state index in [4.69, 9.17) is 0 Å². The van der Waals surface area contributed by atoms with Crippen molar-refractivity contribution in [3.63, 3.8) is 0 Å². The highest BCUT2D eigenvalue weighted by molar-refractivity contribution is 8.01. The molecule has 0 bridgehead atoms. The van der Waals surface area contributed by atoms with Crippen LogP contribution in [0, 0.1) is 0 Å². The Hall–Kier alpha value is -0.290. The molecule has 0 saturated carbocycles. The van der Waals surface area contributed by atoms with Gasteiger partial charge in [0.25, 0.3) is 0 Å². The Bertz CT molecular complexity index is 378. The van der Waals surface area contributed by atoms with Crippen molar-refractivity contribution in [2.45, 2.75) is 4.21 Å². The summed E-state index contributed by atoms with van der Waals surface area (Å²) in [5, 5.41) is 2.12. The zero-order valence-electron chi connectivity index (χ0n) is 7.73. The molecular weight excluding hydrogens is 230 g/mol. The third kappa shape index (κ3) is 2.39. The average Bonchev–Trinajstić information content (AvgIpc) is 2.85. The van der Waals surface area contributed by atoms with Crippen LogP contribution in [0.1, 0.15) is 0 Å². The number of thioether (sulfide) groups is 1. The van der Waals surface area contributed by atoms with E-state index in [0.717, 1.165) is 12.3 Å². The number of quaternary nitrogens is 1. The molecule has 3 N–H and O–H groups in total. The molecule has 0 spiro atoms. The lowest BCUT2D eigenvalue weighted by molar-refractivity contribution is -0.360. The molecule has 2 rings (SSSR count). The second kappa shape index (κ2) is 4.98. The van der Waals surface area contributed by atoms with Gasteiger partial charge >= 0.3 is 0 Å². The maximum Gasteiger partial charge on any atom is 0.0835 e. The summed E-state index contributed by atoms with van der Waals surface area (Å²) in [6.07, 6.45) is 0. The molecule has 0 unspecified atom stereocenters. The van der Waals surface area contributed by atoms with E-state index in [1.165, 1.54) is 14.0 Å². The molecule has 4 heteroatoms. The molecule has 0 aliphatic heterocycles. The van der Waals surface area contributed by atoms with Gasteiger partial charge in [0.2, 0.25) is 0 Å². The molecule has 0 aromatic carbocycles. The van der Waals surface area contributed by atoms with E-state index < -0.39 is 0 Å². The van der Waals surface area contributed by atoms with Crippen molar-refractivity contribution in [2.24, 2.45) is 0 Å². The Kier molecular flexibility index (Phi) is 3.64. The zero-order valence-corrected chi connectivity index (χ0v) is 10.2. The average molecular weight is 242 g/mol. The van der Waals surface area contributed by atoms with Gasteiger partial charge in [0.1, 0.15) is 0 Å². The fourth-order valence-electron chi connectivity index (χ4n) is 1.12. The van der Waals surface area contributed by atoms with E-state index >= 15 is 0 Å². The fraction of sp³-hybridized carbons (Fsp3) is 0.200. The first kappa shape index (κ1) is 10.2. The van der Waals surface area contributed by atoms with Gasteiger partial charge in [-0.3, -0.25) is 0 Å². The van der Waals surface area contributed by atoms with Crippen molar-refractivity contribution in [3.05, 3.63) is 29.6 Å². The Morgan fingerprint density at radius 1 is 1.21 bits per heavy atom. The standard InChI is InChI=1S/C10H11NS3/c11-5-7-13-10-4-3-9(14-10)8-2-1-6-12-8/h1-4,6H,5,7,11H2/p+1. The molecule has 14 heavy (non-hydrogen) atoms.